The normalized spacial score (nSPS) is 15.8. The minimum Gasteiger partial charge on any atom is -0.366 e. The molecule has 0 spiro atoms. The number of ketones is 2. The van der Waals surface area contributed by atoms with Gasteiger partial charge in [-0.05, 0) is 12.2 Å². The van der Waals surface area contributed by atoms with E-state index in [1.54, 1.807) is 5.38 Å². The van der Waals surface area contributed by atoms with Gasteiger partial charge in [-0.1, -0.05) is 0 Å². The predicted molar refractivity (Wildman–Crippen MR) is 57.4 cm³/mol. The minimum atomic E-state index is -0.750. The van der Waals surface area contributed by atoms with Crippen molar-refractivity contribution >= 4 is 34.4 Å². The molecule has 0 aliphatic heterocycles. The lowest BCUT2D eigenvalue weighted by Crippen LogP contribution is -2.24. The van der Waals surface area contributed by atoms with Gasteiger partial charge < -0.3 is 5.73 Å². The quantitative estimate of drug-likeness (QED) is 0.580. The molecule has 0 unspecified atom stereocenters. The standard InChI is InChI=1S/C10H6N2O3S/c11-10(15)5-1-2-7(13)9(14)8(5)6-3-16-4-12-6/h1-4H,(H2,11,15). The van der Waals surface area contributed by atoms with Crippen LogP contribution >= 0.6 is 11.3 Å². The summed E-state index contributed by atoms with van der Waals surface area (Å²) in [6.45, 7) is 0. The minimum absolute atomic E-state index is 0.0127. The molecule has 0 radical (unpaired) electrons. The van der Waals surface area contributed by atoms with E-state index in [-0.39, 0.29) is 11.1 Å². The fourth-order valence-corrected chi connectivity index (χ4v) is 1.90. The molecule has 80 valence electrons. The molecule has 2 N–H and O–H groups in total. The summed E-state index contributed by atoms with van der Waals surface area (Å²) < 4.78 is 0. The number of hydrogen-bond acceptors (Lipinski definition) is 5. The van der Waals surface area contributed by atoms with E-state index < -0.39 is 17.5 Å². The number of rotatable bonds is 2. The van der Waals surface area contributed by atoms with Crippen molar-refractivity contribution in [2.45, 2.75) is 0 Å². The van der Waals surface area contributed by atoms with Crippen LogP contribution in [-0.2, 0) is 14.4 Å². The summed E-state index contributed by atoms with van der Waals surface area (Å²) in [6.07, 6.45) is 2.29. The van der Waals surface area contributed by atoms with Crippen LogP contribution in [0.15, 0.2) is 28.6 Å². The summed E-state index contributed by atoms with van der Waals surface area (Å²) >= 11 is 1.27. The van der Waals surface area contributed by atoms with Crippen LogP contribution in [0.25, 0.3) is 5.57 Å². The second kappa shape index (κ2) is 3.82. The highest BCUT2D eigenvalue weighted by Gasteiger charge is 2.28. The van der Waals surface area contributed by atoms with Crippen molar-refractivity contribution in [1.29, 1.82) is 0 Å². The molecule has 6 heteroatoms. The first kappa shape index (κ1) is 10.4. The number of carbonyl (C=O) groups is 3. The van der Waals surface area contributed by atoms with Gasteiger partial charge in [-0.15, -0.1) is 11.3 Å². The van der Waals surface area contributed by atoms with E-state index in [2.05, 4.69) is 4.98 Å². The lowest BCUT2D eigenvalue weighted by molar-refractivity contribution is -0.130. The molecule has 1 aliphatic rings. The van der Waals surface area contributed by atoms with E-state index in [0.717, 1.165) is 6.08 Å². The number of hydrogen-bond donors (Lipinski definition) is 1. The molecule has 0 bridgehead atoms. The number of amides is 1. The van der Waals surface area contributed by atoms with E-state index in [1.807, 2.05) is 0 Å². The largest absolute Gasteiger partial charge is 0.366 e. The van der Waals surface area contributed by atoms with E-state index in [0.29, 0.717) is 5.69 Å². The summed E-state index contributed by atoms with van der Waals surface area (Å²) in [5.74, 6) is -2.17. The van der Waals surface area contributed by atoms with E-state index in [1.165, 1.54) is 22.9 Å². The molecular weight excluding hydrogens is 228 g/mol. The third kappa shape index (κ3) is 1.59. The first-order chi connectivity index (χ1) is 7.61. The summed E-state index contributed by atoms with van der Waals surface area (Å²) in [4.78, 5) is 37.9. The van der Waals surface area contributed by atoms with Crippen molar-refractivity contribution < 1.29 is 14.4 Å². The van der Waals surface area contributed by atoms with Gasteiger partial charge in [0.1, 0.15) is 0 Å². The molecule has 0 saturated heterocycles. The summed E-state index contributed by atoms with van der Waals surface area (Å²) in [7, 11) is 0. The lowest BCUT2D eigenvalue weighted by Gasteiger charge is -2.09. The number of nitrogens with zero attached hydrogens (tertiary/aromatic N) is 1. The Hall–Kier alpha value is -2.08. The Bertz CT molecular complexity index is 540. The van der Waals surface area contributed by atoms with Gasteiger partial charge in [0, 0.05) is 5.38 Å². The zero-order valence-electron chi connectivity index (χ0n) is 7.97. The predicted octanol–water partition coefficient (Wildman–Crippen LogP) is 0.0900. The van der Waals surface area contributed by atoms with Crippen LogP contribution in [0.1, 0.15) is 5.69 Å². The van der Waals surface area contributed by atoms with Crippen LogP contribution in [0.5, 0.6) is 0 Å². The van der Waals surface area contributed by atoms with Crippen molar-refractivity contribution in [1.82, 2.24) is 4.98 Å². The van der Waals surface area contributed by atoms with Gasteiger partial charge >= 0.3 is 0 Å². The number of nitrogens with two attached hydrogens (primary N) is 1. The fourth-order valence-electron chi connectivity index (χ4n) is 1.36. The maximum absolute atomic E-state index is 11.6. The Kier molecular flexibility index (Phi) is 2.49. The molecule has 0 atom stereocenters. The average molecular weight is 234 g/mol. The van der Waals surface area contributed by atoms with Crippen molar-refractivity contribution in [3.63, 3.8) is 0 Å². The van der Waals surface area contributed by atoms with Crippen LogP contribution in [-0.4, -0.2) is 22.5 Å². The Balaban J connectivity index is 2.65. The molecule has 1 amide bonds. The van der Waals surface area contributed by atoms with Gasteiger partial charge in [-0.2, -0.15) is 0 Å². The highest BCUT2D eigenvalue weighted by atomic mass is 32.1. The first-order valence-electron chi connectivity index (χ1n) is 4.30. The van der Waals surface area contributed by atoms with Crippen LogP contribution < -0.4 is 5.73 Å². The zero-order chi connectivity index (χ0) is 11.7. The van der Waals surface area contributed by atoms with E-state index in [9.17, 15) is 14.4 Å². The molecule has 5 nitrogen and oxygen atoms in total. The van der Waals surface area contributed by atoms with Crippen LogP contribution in [0.3, 0.4) is 0 Å². The lowest BCUT2D eigenvalue weighted by atomic mass is 9.93. The highest BCUT2D eigenvalue weighted by Crippen LogP contribution is 2.24. The molecule has 1 aromatic rings. The number of thiazole rings is 1. The van der Waals surface area contributed by atoms with Gasteiger partial charge in [-0.25, -0.2) is 4.98 Å². The first-order valence-corrected chi connectivity index (χ1v) is 5.25. The van der Waals surface area contributed by atoms with Crippen LogP contribution in [0.4, 0.5) is 0 Å². The topological polar surface area (TPSA) is 90.1 Å². The Labute approximate surface area is 94.3 Å². The smallest absolute Gasteiger partial charge is 0.249 e. The van der Waals surface area contributed by atoms with Gasteiger partial charge in [0.25, 0.3) is 0 Å². The van der Waals surface area contributed by atoms with Crippen LogP contribution in [0.2, 0.25) is 0 Å². The van der Waals surface area contributed by atoms with E-state index in [4.69, 9.17) is 5.73 Å². The number of Topliss-reactive ketones (excluding diaryl/α,β-unsaturated/α-hetero) is 1. The molecule has 16 heavy (non-hydrogen) atoms. The number of carbonyl (C=O) groups excluding carboxylic acids is 3. The van der Waals surface area contributed by atoms with Crippen LogP contribution in [0, 0.1) is 0 Å². The van der Waals surface area contributed by atoms with Gasteiger partial charge in [-0.3, -0.25) is 14.4 Å². The average Bonchev–Trinajstić information content (AvgIpc) is 2.74. The highest BCUT2D eigenvalue weighted by molar-refractivity contribution is 7.07. The Morgan fingerprint density at radius 1 is 1.31 bits per heavy atom. The van der Waals surface area contributed by atoms with Crippen molar-refractivity contribution in [2.75, 3.05) is 0 Å². The molecule has 0 saturated carbocycles. The van der Waals surface area contributed by atoms with Crippen molar-refractivity contribution in [2.24, 2.45) is 5.73 Å². The molecule has 0 aromatic carbocycles. The fraction of sp³-hybridized carbons (Fsp3) is 0. The number of allylic oxidation sites excluding steroid dienone is 2. The summed E-state index contributed by atoms with van der Waals surface area (Å²) in [6, 6.07) is 0. The molecule has 1 aliphatic carbocycles. The van der Waals surface area contributed by atoms with Gasteiger partial charge in [0.2, 0.25) is 17.5 Å². The summed E-state index contributed by atoms with van der Waals surface area (Å²) in [5.41, 5.74) is 6.96. The second-order valence-electron chi connectivity index (χ2n) is 3.05. The molecule has 2 rings (SSSR count). The Morgan fingerprint density at radius 2 is 2.06 bits per heavy atom. The van der Waals surface area contributed by atoms with Crippen molar-refractivity contribution in [3.05, 3.63) is 34.3 Å². The SMILES string of the molecule is NC(=O)C1=C(c2cscn2)C(=O)C(=O)C=C1. The summed E-state index contributed by atoms with van der Waals surface area (Å²) in [5, 5.41) is 1.59. The third-order valence-corrected chi connectivity index (χ3v) is 2.66. The molecular formula is C10H6N2O3S. The number of primary amides is 1. The monoisotopic (exact) mass is 234 g/mol. The molecule has 1 aromatic heterocycles. The van der Waals surface area contributed by atoms with Gasteiger partial charge in [0.15, 0.2) is 0 Å². The maximum atomic E-state index is 11.6. The van der Waals surface area contributed by atoms with E-state index >= 15 is 0 Å². The van der Waals surface area contributed by atoms with Gasteiger partial charge in [0.05, 0.1) is 22.4 Å². The third-order valence-electron chi connectivity index (χ3n) is 2.08. The Morgan fingerprint density at radius 3 is 2.62 bits per heavy atom. The number of aromatic nitrogens is 1. The van der Waals surface area contributed by atoms with Crippen molar-refractivity contribution in [3.8, 4) is 0 Å². The zero-order valence-corrected chi connectivity index (χ0v) is 8.78. The molecule has 1 heterocycles. The second-order valence-corrected chi connectivity index (χ2v) is 3.77. The maximum Gasteiger partial charge on any atom is 0.249 e. The molecule has 0 fully saturated rings.